The van der Waals surface area contributed by atoms with E-state index in [1.807, 2.05) is 24.3 Å². The van der Waals surface area contributed by atoms with Crippen LogP contribution in [0, 0.1) is 0 Å². The van der Waals surface area contributed by atoms with E-state index in [1.54, 1.807) is 13.0 Å². The molecule has 0 aliphatic heterocycles. The maximum absolute atomic E-state index is 11.1. The summed E-state index contributed by atoms with van der Waals surface area (Å²) in [5, 5.41) is 13.6. The lowest BCUT2D eigenvalue weighted by Crippen LogP contribution is -1.98. The Kier molecular flexibility index (Phi) is 3.80. The number of rotatable bonds is 4. The summed E-state index contributed by atoms with van der Waals surface area (Å²) in [6.07, 6.45) is 3.09. The number of carbonyl (C=O) groups excluding carboxylic acids is 1. The molecule has 0 fully saturated rings. The van der Waals surface area contributed by atoms with Crippen molar-refractivity contribution in [1.82, 2.24) is 20.6 Å². The lowest BCUT2D eigenvalue weighted by molar-refractivity contribution is -0.137. The van der Waals surface area contributed by atoms with Crippen LogP contribution in [0.25, 0.3) is 17.5 Å². The number of aromatic nitrogens is 4. The summed E-state index contributed by atoms with van der Waals surface area (Å²) in [7, 11) is 0. The molecule has 0 spiro atoms. The van der Waals surface area contributed by atoms with Gasteiger partial charge in [0.15, 0.2) is 0 Å². The standard InChI is InChI=1S/C12H12N4O2/c1-2-18-11(17)8-5-9-3-6-10(7-4-9)12-13-15-16-14-12/h3-8H,2H2,1H3,(H,13,14,15,16). The van der Waals surface area contributed by atoms with Crippen molar-refractivity contribution in [3.05, 3.63) is 35.9 Å². The first-order valence-electron chi connectivity index (χ1n) is 5.48. The van der Waals surface area contributed by atoms with E-state index in [0.29, 0.717) is 12.4 Å². The Balaban J connectivity index is 2.06. The van der Waals surface area contributed by atoms with E-state index >= 15 is 0 Å². The van der Waals surface area contributed by atoms with Gasteiger partial charge < -0.3 is 4.74 Å². The quantitative estimate of drug-likeness (QED) is 0.650. The van der Waals surface area contributed by atoms with E-state index < -0.39 is 0 Å². The van der Waals surface area contributed by atoms with Gasteiger partial charge >= 0.3 is 5.97 Å². The Labute approximate surface area is 104 Å². The van der Waals surface area contributed by atoms with Gasteiger partial charge in [0.2, 0.25) is 5.82 Å². The Morgan fingerprint density at radius 3 is 2.78 bits per heavy atom. The van der Waals surface area contributed by atoms with Gasteiger partial charge in [-0.25, -0.2) is 4.79 Å². The number of ether oxygens (including phenoxy) is 1. The summed E-state index contributed by atoms with van der Waals surface area (Å²) in [4.78, 5) is 11.1. The van der Waals surface area contributed by atoms with Gasteiger partial charge in [0, 0.05) is 11.6 Å². The first kappa shape index (κ1) is 12.0. The molecule has 0 saturated carbocycles. The van der Waals surface area contributed by atoms with Gasteiger partial charge in [-0.05, 0) is 23.8 Å². The number of H-pyrrole nitrogens is 1. The number of nitrogens with zero attached hydrogens (tertiary/aromatic N) is 3. The number of tetrazole rings is 1. The molecule has 0 unspecified atom stereocenters. The fraction of sp³-hybridized carbons (Fsp3) is 0.167. The number of nitrogens with one attached hydrogen (secondary N) is 1. The van der Waals surface area contributed by atoms with Crippen LogP contribution in [0.15, 0.2) is 30.3 Å². The highest BCUT2D eigenvalue weighted by molar-refractivity contribution is 5.87. The molecule has 6 heteroatoms. The monoisotopic (exact) mass is 244 g/mol. The summed E-state index contributed by atoms with van der Waals surface area (Å²) in [6.45, 7) is 2.14. The largest absolute Gasteiger partial charge is 0.463 e. The summed E-state index contributed by atoms with van der Waals surface area (Å²) < 4.78 is 4.79. The van der Waals surface area contributed by atoms with Gasteiger partial charge in [0.25, 0.3) is 0 Å². The molecule has 92 valence electrons. The molecule has 0 aliphatic carbocycles. The average molecular weight is 244 g/mol. The molecule has 1 N–H and O–H groups in total. The third kappa shape index (κ3) is 3.00. The van der Waals surface area contributed by atoms with Crippen LogP contribution in [0.2, 0.25) is 0 Å². The van der Waals surface area contributed by atoms with Crippen molar-refractivity contribution in [1.29, 1.82) is 0 Å². The number of aromatic amines is 1. The molecule has 1 aromatic heterocycles. The highest BCUT2D eigenvalue weighted by Crippen LogP contribution is 2.14. The highest BCUT2D eigenvalue weighted by atomic mass is 16.5. The third-order valence-corrected chi connectivity index (χ3v) is 2.21. The zero-order valence-electron chi connectivity index (χ0n) is 9.83. The first-order valence-corrected chi connectivity index (χ1v) is 5.48. The van der Waals surface area contributed by atoms with Crippen molar-refractivity contribution in [2.75, 3.05) is 6.61 Å². The van der Waals surface area contributed by atoms with Crippen molar-refractivity contribution < 1.29 is 9.53 Å². The van der Waals surface area contributed by atoms with Crippen molar-refractivity contribution in [2.24, 2.45) is 0 Å². The molecule has 2 rings (SSSR count). The molecule has 6 nitrogen and oxygen atoms in total. The zero-order chi connectivity index (χ0) is 12.8. The molecule has 1 heterocycles. The Morgan fingerprint density at radius 2 is 2.17 bits per heavy atom. The fourth-order valence-electron chi connectivity index (χ4n) is 1.38. The second kappa shape index (κ2) is 5.72. The molecule has 2 aromatic rings. The SMILES string of the molecule is CCOC(=O)C=Cc1ccc(-c2nn[nH]n2)cc1. The van der Waals surface area contributed by atoms with Gasteiger partial charge in [-0.1, -0.05) is 24.3 Å². The van der Waals surface area contributed by atoms with Crippen LogP contribution in [0.5, 0.6) is 0 Å². The summed E-state index contributed by atoms with van der Waals surface area (Å²) in [5.74, 6) is 0.190. The molecule has 0 atom stereocenters. The Morgan fingerprint density at radius 1 is 1.39 bits per heavy atom. The molecular formula is C12H12N4O2. The molecule has 0 radical (unpaired) electrons. The third-order valence-electron chi connectivity index (χ3n) is 2.21. The van der Waals surface area contributed by atoms with Gasteiger partial charge in [-0.15, -0.1) is 10.2 Å². The van der Waals surface area contributed by atoms with E-state index in [1.165, 1.54) is 6.08 Å². The van der Waals surface area contributed by atoms with E-state index in [4.69, 9.17) is 4.74 Å². The average Bonchev–Trinajstić information content (AvgIpc) is 2.91. The predicted octanol–water partition coefficient (Wildman–Crippen LogP) is 1.44. The van der Waals surface area contributed by atoms with E-state index in [9.17, 15) is 4.79 Å². The van der Waals surface area contributed by atoms with Gasteiger partial charge in [0.1, 0.15) is 0 Å². The van der Waals surface area contributed by atoms with Crippen LogP contribution < -0.4 is 0 Å². The number of carbonyl (C=O) groups is 1. The lowest BCUT2D eigenvalue weighted by atomic mass is 10.1. The number of hydrogen-bond acceptors (Lipinski definition) is 5. The highest BCUT2D eigenvalue weighted by Gasteiger charge is 2.01. The van der Waals surface area contributed by atoms with Crippen molar-refractivity contribution in [3.63, 3.8) is 0 Å². The van der Waals surface area contributed by atoms with Crippen LogP contribution in [0.4, 0.5) is 0 Å². The lowest BCUT2D eigenvalue weighted by Gasteiger charge is -1.97. The Bertz CT molecular complexity index is 532. The Hall–Kier alpha value is -2.50. The molecule has 0 amide bonds. The van der Waals surface area contributed by atoms with E-state index in [-0.39, 0.29) is 5.97 Å². The molecule has 0 bridgehead atoms. The van der Waals surface area contributed by atoms with Gasteiger partial charge in [-0.3, -0.25) is 0 Å². The van der Waals surface area contributed by atoms with Crippen LogP contribution in [0.1, 0.15) is 12.5 Å². The van der Waals surface area contributed by atoms with E-state index in [0.717, 1.165) is 11.1 Å². The zero-order valence-corrected chi connectivity index (χ0v) is 9.83. The smallest absolute Gasteiger partial charge is 0.330 e. The maximum atomic E-state index is 11.1. The van der Waals surface area contributed by atoms with Crippen LogP contribution in [0.3, 0.4) is 0 Å². The summed E-state index contributed by atoms with van der Waals surface area (Å²) in [5.41, 5.74) is 1.76. The van der Waals surface area contributed by atoms with Crippen LogP contribution >= 0.6 is 0 Å². The molecule has 0 aliphatic rings. The molecule has 0 saturated heterocycles. The molecular weight excluding hydrogens is 232 g/mol. The van der Waals surface area contributed by atoms with Gasteiger partial charge in [-0.2, -0.15) is 5.21 Å². The van der Waals surface area contributed by atoms with Crippen LogP contribution in [-0.2, 0) is 9.53 Å². The molecule has 18 heavy (non-hydrogen) atoms. The van der Waals surface area contributed by atoms with Crippen molar-refractivity contribution >= 4 is 12.0 Å². The molecule has 1 aromatic carbocycles. The minimum absolute atomic E-state index is 0.347. The van der Waals surface area contributed by atoms with Crippen molar-refractivity contribution in [3.8, 4) is 11.4 Å². The predicted molar refractivity (Wildman–Crippen MR) is 65.3 cm³/mol. The fourth-order valence-corrected chi connectivity index (χ4v) is 1.38. The topological polar surface area (TPSA) is 80.8 Å². The number of hydrogen-bond donors (Lipinski definition) is 1. The second-order valence-corrected chi connectivity index (χ2v) is 3.44. The van der Waals surface area contributed by atoms with E-state index in [2.05, 4.69) is 20.6 Å². The van der Waals surface area contributed by atoms with Crippen molar-refractivity contribution in [2.45, 2.75) is 6.92 Å². The maximum Gasteiger partial charge on any atom is 0.330 e. The van der Waals surface area contributed by atoms with Gasteiger partial charge in [0.05, 0.1) is 6.61 Å². The second-order valence-electron chi connectivity index (χ2n) is 3.44. The minimum atomic E-state index is -0.347. The first-order chi connectivity index (χ1) is 8.79. The normalized spacial score (nSPS) is 10.7. The van der Waals surface area contributed by atoms with Crippen LogP contribution in [-0.4, -0.2) is 33.2 Å². The summed E-state index contributed by atoms with van der Waals surface area (Å²) >= 11 is 0. The minimum Gasteiger partial charge on any atom is -0.463 e. The number of esters is 1. The number of benzene rings is 1. The summed E-state index contributed by atoms with van der Waals surface area (Å²) in [6, 6.07) is 7.44.